The number of thiophene rings is 1. The maximum atomic E-state index is 12.8. The molecule has 0 fully saturated rings. The van der Waals surface area contributed by atoms with Crippen molar-refractivity contribution in [2.75, 3.05) is 10.7 Å². The zero-order valence-corrected chi connectivity index (χ0v) is 15.1. The lowest BCUT2D eigenvalue weighted by Gasteiger charge is -2.22. The Kier molecular flexibility index (Phi) is 5.41. The van der Waals surface area contributed by atoms with Crippen LogP contribution in [0.25, 0.3) is 0 Å². The molecular weight excluding hydrogens is 348 g/mol. The Morgan fingerprint density at radius 3 is 2.74 bits per heavy atom. The maximum absolute atomic E-state index is 12.8. The molecule has 120 valence electrons. The number of thioether (sulfide) groups is 1. The summed E-state index contributed by atoms with van der Waals surface area (Å²) in [6, 6.07) is 9.66. The minimum atomic E-state index is 0.0684. The second-order valence-corrected chi connectivity index (χ2v) is 7.61. The molecule has 2 aromatic rings. The third-order valence-corrected chi connectivity index (χ3v) is 5.70. The molecule has 0 N–H and O–H groups in total. The Bertz CT molecular complexity index is 698. The Hall–Kier alpha value is -1.30. The number of carbonyl (C=O) groups excluding carboxylic acids is 1. The molecular formula is C17H17ClN2OS2. The van der Waals surface area contributed by atoms with Crippen LogP contribution in [-0.4, -0.2) is 22.9 Å². The Morgan fingerprint density at radius 1 is 1.35 bits per heavy atom. The van der Waals surface area contributed by atoms with Gasteiger partial charge in [0.05, 0.1) is 11.7 Å². The van der Waals surface area contributed by atoms with Crippen molar-refractivity contribution in [2.24, 2.45) is 4.99 Å². The minimum absolute atomic E-state index is 0.0684. The number of aryl methyl sites for hydroxylation is 1. The van der Waals surface area contributed by atoms with Crippen LogP contribution < -0.4 is 4.90 Å². The average molecular weight is 365 g/mol. The number of rotatable bonds is 4. The van der Waals surface area contributed by atoms with Crippen LogP contribution in [0.3, 0.4) is 0 Å². The fourth-order valence-electron chi connectivity index (χ4n) is 2.33. The van der Waals surface area contributed by atoms with Crippen molar-refractivity contribution < 1.29 is 4.79 Å². The first-order chi connectivity index (χ1) is 11.1. The van der Waals surface area contributed by atoms with Gasteiger partial charge in [0, 0.05) is 17.2 Å². The Balaban J connectivity index is 1.81. The minimum Gasteiger partial charge on any atom is -0.274 e. The normalized spacial score (nSPS) is 17.1. The van der Waals surface area contributed by atoms with Crippen LogP contribution >= 0.6 is 34.7 Å². The second kappa shape index (κ2) is 7.51. The van der Waals surface area contributed by atoms with E-state index in [1.165, 1.54) is 5.56 Å². The molecule has 1 unspecified atom stereocenters. The SMILES string of the molecule is CC1CSC(N(C(=O)CCc2ccsc2)c2ccc(Cl)cc2)=N1. The highest BCUT2D eigenvalue weighted by atomic mass is 35.5. The fourth-order valence-corrected chi connectivity index (χ4v) is 4.21. The lowest BCUT2D eigenvalue weighted by molar-refractivity contribution is -0.117. The summed E-state index contributed by atoms with van der Waals surface area (Å²) >= 11 is 9.26. The van der Waals surface area contributed by atoms with Crippen molar-refractivity contribution in [3.05, 3.63) is 51.7 Å². The summed E-state index contributed by atoms with van der Waals surface area (Å²) in [6.45, 7) is 2.07. The van der Waals surface area contributed by atoms with Gasteiger partial charge in [-0.2, -0.15) is 11.3 Å². The van der Waals surface area contributed by atoms with E-state index in [4.69, 9.17) is 11.6 Å². The predicted octanol–water partition coefficient (Wildman–Crippen LogP) is 4.86. The highest BCUT2D eigenvalue weighted by Gasteiger charge is 2.26. The summed E-state index contributed by atoms with van der Waals surface area (Å²) in [5.74, 6) is 0.982. The molecule has 1 aromatic heterocycles. The summed E-state index contributed by atoms with van der Waals surface area (Å²) < 4.78 is 0. The van der Waals surface area contributed by atoms with Crippen LogP contribution in [0.2, 0.25) is 5.02 Å². The lowest BCUT2D eigenvalue weighted by Crippen LogP contribution is -2.34. The van der Waals surface area contributed by atoms with Gasteiger partial charge < -0.3 is 0 Å². The van der Waals surface area contributed by atoms with Gasteiger partial charge in [-0.1, -0.05) is 23.4 Å². The van der Waals surface area contributed by atoms with Gasteiger partial charge in [0.15, 0.2) is 5.17 Å². The van der Waals surface area contributed by atoms with E-state index in [1.807, 2.05) is 17.5 Å². The van der Waals surface area contributed by atoms with Crippen LogP contribution in [-0.2, 0) is 11.2 Å². The second-order valence-electron chi connectivity index (χ2n) is 5.41. The van der Waals surface area contributed by atoms with Gasteiger partial charge in [-0.3, -0.25) is 14.7 Å². The number of amidine groups is 1. The molecule has 1 aliphatic heterocycles. The van der Waals surface area contributed by atoms with Crippen molar-refractivity contribution in [3.8, 4) is 0 Å². The first-order valence-corrected chi connectivity index (χ1v) is 9.74. The molecule has 1 aromatic carbocycles. The molecule has 1 amide bonds. The van der Waals surface area contributed by atoms with Crippen molar-refractivity contribution in [1.82, 2.24) is 0 Å². The fraction of sp³-hybridized carbons (Fsp3) is 0.294. The van der Waals surface area contributed by atoms with Gasteiger partial charge >= 0.3 is 0 Å². The van der Waals surface area contributed by atoms with Gasteiger partial charge in [-0.25, -0.2) is 0 Å². The summed E-state index contributed by atoms with van der Waals surface area (Å²) in [7, 11) is 0. The van der Waals surface area contributed by atoms with Crippen molar-refractivity contribution in [3.63, 3.8) is 0 Å². The monoisotopic (exact) mass is 364 g/mol. The number of anilines is 1. The van der Waals surface area contributed by atoms with Gasteiger partial charge in [-0.15, -0.1) is 0 Å². The molecule has 0 bridgehead atoms. The summed E-state index contributed by atoms with van der Waals surface area (Å²) in [5.41, 5.74) is 2.03. The molecule has 0 aliphatic carbocycles. The predicted molar refractivity (Wildman–Crippen MR) is 101 cm³/mol. The molecule has 0 saturated heterocycles. The van der Waals surface area contributed by atoms with E-state index in [-0.39, 0.29) is 11.9 Å². The molecule has 0 spiro atoms. The van der Waals surface area contributed by atoms with E-state index < -0.39 is 0 Å². The number of benzene rings is 1. The van der Waals surface area contributed by atoms with Crippen LogP contribution in [0.5, 0.6) is 0 Å². The van der Waals surface area contributed by atoms with Gasteiger partial charge in [0.2, 0.25) is 5.91 Å². The van der Waals surface area contributed by atoms with Crippen LogP contribution in [0.1, 0.15) is 18.9 Å². The first-order valence-electron chi connectivity index (χ1n) is 7.43. The number of aliphatic imine (C=N–C) groups is 1. The van der Waals surface area contributed by atoms with Crippen LogP contribution in [0, 0.1) is 0 Å². The molecule has 0 saturated carbocycles. The lowest BCUT2D eigenvalue weighted by atomic mass is 10.1. The molecule has 0 radical (unpaired) electrons. The first kappa shape index (κ1) is 16.6. The number of amides is 1. The van der Waals surface area contributed by atoms with E-state index in [1.54, 1.807) is 40.1 Å². The quantitative estimate of drug-likeness (QED) is 0.776. The summed E-state index contributed by atoms with van der Waals surface area (Å²) in [5, 5.41) is 5.57. The van der Waals surface area contributed by atoms with E-state index in [0.29, 0.717) is 11.4 Å². The standard InChI is InChI=1S/C17H17ClN2OS2/c1-12-10-23-17(19-12)20(15-5-3-14(18)4-6-15)16(21)7-2-13-8-9-22-11-13/h3-6,8-9,11-12H,2,7,10H2,1H3. The molecule has 3 nitrogen and oxygen atoms in total. The van der Waals surface area contributed by atoms with Crippen LogP contribution in [0.4, 0.5) is 5.69 Å². The van der Waals surface area contributed by atoms with Crippen molar-refractivity contribution >= 4 is 51.5 Å². The molecule has 1 aliphatic rings. The molecule has 2 heterocycles. The third kappa shape index (κ3) is 4.16. The summed E-state index contributed by atoms with van der Waals surface area (Å²) in [6.07, 6.45) is 1.22. The smallest absolute Gasteiger partial charge is 0.233 e. The van der Waals surface area contributed by atoms with Crippen LogP contribution in [0.15, 0.2) is 46.1 Å². The zero-order chi connectivity index (χ0) is 16.2. The summed E-state index contributed by atoms with van der Waals surface area (Å²) in [4.78, 5) is 19.2. The Labute approximate surface area is 149 Å². The zero-order valence-electron chi connectivity index (χ0n) is 12.7. The largest absolute Gasteiger partial charge is 0.274 e. The molecule has 3 rings (SSSR count). The highest BCUT2D eigenvalue weighted by Crippen LogP contribution is 2.27. The number of carbonyl (C=O) groups is 1. The Morgan fingerprint density at radius 2 is 2.13 bits per heavy atom. The van der Waals surface area contributed by atoms with Crippen molar-refractivity contribution in [1.29, 1.82) is 0 Å². The van der Waals surface area contributed by atoms with E-state index in [0.717, 1.165) is 23.0 Å². The van der Waals surface area contributed by atoms with E-state index in [9.17, 15) is 4.79 Å². The molecule has 1 atom stereocenters. The van der Waals surface area contributed by atoms with Gasteiger partial charge in [0.1, 0.15) is 0 Å². The van der Waals surface area contributed by atoms with E-state index in [2.05, 4.69) is 23.4 Å². The number of halogens is 1. The highest BCUT2D eigenvalue weighted by molar-refractivity contribution is 8.14. The number of nitrogens with zero attached hydrogens (tertiary/aromatic N) is 2. The third-order valence-electron chi connectivity index (χ3n) is 3.52. The number of hydrogen-bond donors (Lipinski definition) is 0. The van der Waals surface area contributed by atoms with Gasteiger partial charge in [0.25, 0.3) is 0 Å². The number of hydrogen-bond acceptors (Lipinski definition) is 4. The topological polar surface area (TPSA) is 32.7 Å². The van der Waals surface area contributed by atoms with Crippen molar-refractivity contribution in [2.45, 2.75) is 25.8 Å². The maximum Gasteiger partial charge on any atom is 0.233 e. The van der Waals surface area contributed by atoms with Gasteiger partial charge in [-0.05, 0) is 60.0 Å². The van der Waals surface area contributed by atoms with E-state index >= 15 is 0 Å². The molecule has 6 heteroatoms. The molecule has 23 heavy (non-hydrogen) atoms. The average Bonchev–Trinajstić information content (AvgIpc) is 3.19.